The highest BCUT2D eigenvalue weighted by Crippen LogP contribution is 2.34. The van der Waals surface area contributed by atoms with E-state index in [4.69, 9.17) is 28.4 Å². The van der Waals surface area contributed by atoms with E-state index in [0.717, 1.165) is 57.8 Å². The van der Waals surface area contributed by atoms with Crippen molar-refractivity contribution in [1.82, 2.24) is 5.32 Å². The molecule has 0 bridgehead atoms. The maximum atomic E-state index is 13.6. The average Bonchev–Trinajstić information content (AvgIpc) is 0.778. The summed E-state index contributed by atoms with van der Waals surface area (Å²) in [7, 11) is 0. The van der Waals surface area contributed by atoms with Crippen LogP contribution in [0.1, 0.15) is 438 Å². The maximum Gasteiger partial charge on any atom is 0.220 e. The zero-order valence-electron chi connectivity index (χ0n) is 74.7. The number of ether oxygens (including phenoxy) is 6. The zero-order chi connectivity index (χ0) is 84.5. The van der Waals surface area contributed by atoms with Crippen LogP contribution < -0.4 is 5.32 Å². The first kappa shape index (κ1) is 109. The van der Waals surface area contributed by atoms with E-state index >= 15 is 0 Å². The van der Waals surface area contributed by atoms with Crippen LogP contribution in [-0.4, -0.2) is 193 Å². The fraction of sp³-hybridized carbons (Fsp3) is 0.908. The highest BCUT2D eigenvalue weighted by molar-refractivity contribution is 5.76. The summed E-state index contributed by atoms with van der Waals surface area (Å²) >= 11 is 0. The molecule has 1 amide bonds. The molecule has 17 atom stereocenters. The van der Waals surface area contributed by atoms with E-state index in [1.807, 2.05) is 6.08 Å². The predicted octanol–water partition coefficient (Wildman–Crippen LogP) is 20.3. The molecule has 3 aliphatic heterocycles. The summed E-state index contributed by atoms with van der Waals surface area (Å²) in [5, 5.41) is 121. The zero-order valence-corrected chi connectivity index (χ0v) is 74.7. The van der Waals surface area contributed by atoms with Gasteiger partial charge >= 0.3 is 0 Å². The Labute approximate surface area is 713 Å². The number of rotatable bonds is 82. The summed E-state index contributed by atoms with van der Waals surface area (Å²) in [6.07, 6.45) is 75.8. The van der Waals surface area contributed by atoms with Crippen molar-refractivity contribution in [2.24, 2.45) is 0 Å². The van der Waals surface area contributed by atoms with Crippen molar-refractivity contribution < 1.29 is 89.4 Å². The highest BCUT2D eigenvalue weighted by atomic mass is 16.8. The Morgan fingerprint density at radius 3 is 0.880 bits per heavy atom. The number of hydrogen-bond acceptors (Lipinski definition) is 18. The first-order chi connectivity index (χ1) is 57.3. The lowest BCUT2D eigenvalue weighted by molar-refractivity contribution is -0.379. The molecule has 688 valence electrons. The molecule has 117 heavy (non-hydrogen) atoms. The minimum absolute atomic E-state index is 0.248. The quantitative estimate of drug-likeness (QED) is 0.0199. The number of aliphatic hydroxyl groups is 11. The molecule has 12 N–H and O–H groups in total. The second-order valence-electron chi connectivity index (χ2n) is 35.2. The van der Waals surface area contributed by atoms with Gasteiger partial charge < -0.3 is 89.9 Å². The van der Waals surface area contributed by atoms with Crippen molar-refractivity contribution in [2.45, 2.75) is 542 Å². The van der Waals surface area contributed by atoms with Crippen LogP contribution in [0.15, 0.2) is 48.6 Å². The average molecular weight is 1660 g/mol. The molecule has 3 rings (SSSR count). The Balaban J connectivity index is 1.28. The summed E-state index contributed by atoms with van der Waals surface area (Å²) < 4.78 is 34.6. The van der Waals surface area contributed by atoms with Gasteiger partial charge in [-0.25, -0.2) is 0 Å². The van der Waals surface area contributed by atoms with Gasteiger partial charge in [-0.3, -0.25) is 4.79 Å². The van der Waals surface area contributed by atoms with Crippen molar-refractivity contribution in [3.8, 4) is 0 Å². The van der Waals surface area contributed by atoms with E-state index in [9.17, 15) is 61.0 Å². The molecule has 3 heterocycles. The minimum Gasteiger partial charge on any atom is -0.394 e. The Hall–Kier alpha value is -2.25. The Morgan fingerprint density at radius 1 is 0.308 bits per heavy atom. The Bertz CT molecular complexity index is 2290. The van der Waals surface area contributed by atoms with Gasteiger partial charge in [-0.15, -0.1) is 0 Å². The second-order valence-corrected chi connectivity index (χ2v) is 35.2. The number of carbonyl (C=O) groups excluding carboxylic acids is 1. The number of amides is 1. The molecule has 0 radical (unpaired) electrons. The third kappa shape index (κ3) is 55.0. The molecule has 3 aliphatic rings. The first-order valence-electron chi connectivity index (χ1n) is 49.4. The molecular formula is C98H183NO18. The Morgan fingerprint density at radius 2 is 0.564 bits per heavy atom. The third-order valence-electron chi connectivity index (χ3n) is 24.6. The van der Waals surface area contributed by atoms with Crippen molar-refractivity contribution in [3.05, 3.63) is 48.6 Å². The second kappa shape index (κ2) is 77.3. The molecule has 3 fully saturated rings. The van der Waals surface area contributed by atoms with Gasteiger partial charge in [0.15, 0.2) is 18.9 Å². The smallest absolute Gasteiger partial charge is 0.220 e. The SMILES string of the molecule is CCCCCCC/C=C\C/C=C\C/C=C\CCCCCCCCCCCCCCCCCCCCCCCCCCCCC(=O)NC(COC1OC(CO)C(OC2OC(CO)C(OC3OC(CO)C(O)C(O)C3O)C(O)C2O)C(O)C1O)C(O)/C=C/CCCCCCCCCCCCCCCCCCCCCCCCCCCCCCC. The van der Waals surface area contributed by atoms with Crippen molar-refractivity contribution in [1.29, 1.82) is 0 Å². The van der Waals surface area contributed by atoms with Gasteiger partial charge in [0.25, 0.3) is 0 Å². The van der Waals surface area contributed by atoms with Gasteiger partial charge in [-0.2, -0.15) is 0 Å². The summed E-state index contributed by atoms with van der Waals surface area (Å²) in [5.41, 5.74) is 0. The molecule has 0 aliphatic carbocycles. The lowest BCUT2D eigenvalue weighted by Crippen LogP contribution is -2.66. The third-order valence-corrected chi connectivity index (χ3v) is 24.6. The topological polar surface area (TPSA) is 307 Å². The van der Waals surface area contributed by atoms with Crippen molar-refractivity contribution in [3.63, 3.8) is 0 Å². The van der Waals surface area contributed by atoms with Crippen LogP contribution in [0, 0.1) is 0 Å². The fourth-order valence-corrected chi connectivity index (χ4v) is 16.8. The van der Waals surface area contributed by atoms with Crippen LogP contribution in [-0.2, 0) is 33.2 Å². The van der Waals surface area contributed by atoms with Gasteiger partial charge in [0.1, 0.15) is 73.2 Å². The molecule has 19 heteroatoms. The number of carbonyl (C=O) groups is 1. The molecule has 3 saturated heterocycles. The summed E-state index contributed by atoms with van der Waals surface area (Å²) in [6, 6.07) is -0.975. The lowest BCUT2D eigenvalue weighted by atomic mass is 9.96. The fourth-order valence-electron chi connectivity index (χ4n) is 16.8. The normalized spacial score (nSPS) is 24.5. The van der Waals surface area contributed by atoms with Crippen LogP contribution in [0.5, 0.6) is 0 Å². The molecule has 0 saturated carbocycles. The largest absolute Gasteiger partial charge is 0.394 e. The predicted molar refractivity (Wildman–Crippen MR) is 476 cm³/mol. The summed E-state index contributed by atoms with van der Waals surface area (Å²) in [4.78, 5) is 13.6. The monoisotopic (exact) mass is 1660 g/mol. The first-order valence-corrected chi connectivity index (χ1v) is 49.4. The molecule has 19 nitrogen and oxygen atoms in total. The minimum atomic E-state index is -1.98. The molecular weight excluding hydrogens is 1480 g/mol. The summed E-state index contributed by atoms with van der Waals surface area (Å²) in [5.74, 6) is -0.266. The van der Waals surface area contributed by atoms with Gasteiger partial charge in [0.05, 0.1) is 38.6 Å². The van der Waals surface area contributed by atoms with E-state index in [0.29, 0.717) is 6.42 Å². The number of unbranched alkanes of at least 4 members (excludes halogenated alkanes) is 60. The highest BCUT2D eigenvalue weighted by Gasteiger charge is 2.54. The van der Waals surface area contributed by atoms with Gasteiger partial charge in [0.2, 0.25) is 5.91 Å². The number of hydrogen-bond donors (Lipinski definition) is 12. The molecule has 0 spiro atoms. The lowest BCUT2D eigenvalue weighted by Gasteiger charge is -2.48. The molecule has 17 unspecified atom stereocenters. The van der Waals surface area contributed by atoms with E-state index < -0.39 is 124 Å². The maximum absolute atomic E-state index is 13.6. The van der Waals surface area contributed by atoms with Gasteiger partial charge in [0, 0.05) is 6.42 Å². The molecule has 0 aromatic rings. The van der Waals surface area contributed by atoms with E-state index in [2.05, 4.69) is 55.6 Å². The molecule has 0 aromatic heterocycles. The number of allylic oxidation sites excluding steroid dienone is 7. The number of nitrogens with one attached hydrogen (secondary N) is 1. The van der Waals surface area contributed by atoms with Crippen molar-refractivity contribution in [2.75, 3.05) is 26.4 Å². The van der Waals surface area contributed by atoms with Gasteiger partial charge in [-0.05, 0) is 57.8 Å². The van der Waals surface area contributed by atoms with E-state index in [-0.39, 0.29) is 18.9 Å². The Kier molecular flexibility index (Phi) is 72.0. The van der Waals surface area contributed by atoms with Crippen LogP contribution in [0.2, 0.25) is 0 Å². The standard InChI is InChI=1S/C98H183NO18/c1-3-5-7-9-11-13-15-17-19-21-23-25-27-29-31-33-35-36-37-38-39-40-41-42-43-44-46-48-50-52-54-56-58-60-62-64-66-68-70-72-74-76-86(104)99-81(82(103)75-73-71-69-67-65-63-61-59-57-55-53-51-49-47-45-34-32-30-28-26-24-22-20-18-16-14-12-10-8-6-4-2)80-112-96-92(110)89(107)94(84(78-101)114-96)117-98-93(111)90(108)95(85(79-102)115-98)116-97-91(109)88(106)87(105)83(77-100)113-97/h15,17,21,23,27,29,73,75,81-85,87-98,100-103,105-111H,3-14,16,18-20,22,24-26,28,30-72,74,76-80H2,1-2H3,(H,99,104)/b17-15-,23-21-,29-27-,75-73+. The van der Waals surface area contributed by atoms with E-state index in [1.165, 1.54) is 353 Å². The van der Waals surface area contributed by atoms with Gasteiger partial charge in [-0.1, -0.05) is 422 Å². The van der Waals surface area contributed by atoms with Crippen LogP contribution in [0.3, 0.4) is 0 Å². The van der Waals surface area contributed by atoms with Crippen LogP contribution in [0.4, 0.5) is 0 Å². The molecule has 0 aromatic carbocycles. The summed E-state index contributed by atoms with van der Waals surface area (Å²) in [6.45, 7) is 1.80. The van der Waals surface area contributed by atoms with Crippen LogP contribution in [0.25, 0.3) is 0 Å². The number of aliphatic hydroxyl groups excluding tert-OH is 11. The van der Waals surface area contributed by atoms with Crippen LogP contribution >= 0.6 is 0 Å². The van der Waals surface area contributed by atoms with E-state index in [1.54, 1.807) is 6.08 Å². The van der Waals surface area contributed by atoms with Crippen molar-refractivity contribution >= 4 is 5.91 Å².